The number of aromatic nitrogens is 3. The van der Waals surface area contributed by atoms with Crippen LogP contribution in [0, 0.1) is 5.92 Å². The summed E-state index contributed by atoms with van der Waals surface area (Å²) < 4.78 is 6.29. The molecule has 7 heteroatoms. The molecule has 158 valence electrons. The van der Waals surface area contributed by atoms with Crippen molar-refractivity contribution >= 4 is 11.9 Å². The van der Waals surface area contributed by atoms with Gasteiger partial charge < -0.3 is 14.5 Å². The van der Waals surface area contributed by atoms with Crippen molar-refractivity contribution in [2.75, 3.05) is 31.1 Å². The first-order valence-corrected chi connectivity index (χ1v) is 11.0. The van der Waals surface area contributed by atoms with Crippen LogP contribution in [0.15, 0.2) is 30.7 Å². The van der Waals surface area contributed by atoms with E-state index in [2.05, 4.69) is 21.8 Å². The van der Waals surface area contributed by atoms with Crippen molar-refractivity contribution in [1.82, 2.24) is 19.9 Å². The van der Waals surface area contributed by atoms with E-state index in [0.717, 1.165) is 48.7 Å². The van der Waals surface area contributed by atoms with E-state index in [-0.39, 0.29) is 11.5 Å². The molecule has 2 saturated heterocycles. The van der Waals surface area contributed by atoms with Gasteiger partial charge in [-0.15, -0.1) is 0 Å². The molecular formula is C23H29N5O2. The van der Waals surface area contributed by atoms with E-state index in [1.807, 2.05) is 23.2 Å². The number of fused-ring (bicyclic) bond motifs is 2. The Hall–Kier alpha value is -2.54. The SMILES string of the molecule is C[C@H]1CCCN(c2ncc3c(n2)C2(CCN(C(=O)Cc4cccnc4)CC2)OC3)C1. The Morgan fingerprint density at radius 2 is 2.13 bits per heavy atom. The number of rotatable bonds is 3. The Morgan fingerprint density at radius 3 is 2.90 bits per heavy atom. The number of ether oxygens (including phenoxy) is 1. The molecule has 1 spiro atoms. The molecule has 7 nitrogen and oxygen atoms in total. The summed E-state index contributed by atoms with van der Waals surface area (Å²) in [5.74, 6) is 1.66. The lowest BCUT2D eigenvalue weighted by atomic mass is 9.87. The molecule has 0 saturated carbocycles. The molecule has 2 fully saturated rings. The van der Waals surface area contributed by atoms with E-state index in [9.17, 15) is 4.79 Å². The van der Waals surface area contributed by atoms with Gasteiger partial charge in [-0.05, 0) is 43.2 Å². The molecular weight excluding hydrogens is 378 g/mol. The molecule has 2 aromatic heterocycles. The number of carbonyl (C=O) groups is 1. The van der Waals surface area contributed by atoms with Crippen molar-refractivity contribution in [2.45, 2.75) is 51.2 Å². The highest BCUT2D eigenvalue weighted by atomic mass is 16.5. The maximum absolute atomic E-state index is 12.7. The van der Waals surface area contributed by atoms with E-state index in [1.165, 1.54) is 12.8 Å². The van der Waals surface area contributed by atoms with Gasteiger partial charge in [0.1, 0.15) is 5.60 Å². The van der Waals surface area contributed by atoms with Crippen LogP contribution in [0.5, 0.6) is 0 Å². The van der Waals surface area contributed by atoms with Gasteiger partial charge in [-0.3, -0.25) is 9.78 Å². The van der Waals surface area contributed by atoms with Crippen LogP contribution in [0.1, 0.15) is 49.4 Å². The normalized spacial score (nSPS) is 22.9. The monoisotopic (exact) mass is 407 g/mol. The number of piperidine rings is 2. The molecule has 5 heterocycles. The minimum absolute atomic E-state index is 0.154. The van der Waals surface area contributed by atoms with Crippen LogP contribution < -0.4 is 4.90 Å². The van der Waals surface area contributed by atoms with E-state index in [1.54, 1.807) is 12.4 Å². The number of pyridine rings is 1. The second kappa shape index (κ2) is 7.95. The maximum atomic E-state index is 12.7. The van der Waals surface area contributed by atoms with Gasteiger partial charge in [0.05, 0.1) is 18.7 Å². The molecule has 0 aliphatic carbocycles. The smallest absolute Gasteiger partial charge is 0.227 e. The highest BCUT2D eigenvalue weighted by Crippen LogP contribution is 2.43. The Labute approximate surface area is 177 Å². The van der Waals surface area contributed by atoms with Crippen LogP contribution in [-0.2, 0) is 28.2 Å². The van der Waals surface area contributed by atoms with Crippen LogP contribution in [0.2, 0.25) is 0 Å². The van der Waals surface area contributed by atoms with Gasteiger partial charge in [0.25, 0.3) is 0 Å². The summed E-state index contributed by atoms with van der Waals surface area (Å²) in [4.78, 5) is 30.8. The number of carbonyl (C=O) groups excluding carboxylic acids is 1. The first-order valence-electron chi connectivity index (χ1n) is 11.0. The Morgan fingerprint density at radius 1 is 1.27 bits per heavy atom. The molecule has 0 unspecified atom stereocenters. The molecule has 0 aromatic carbocycles. The minimum Gasteiger partial charge on any atom is -0.364 e. The van der Waals surface area contributed by atoms with Crippen molar-refractivity contribution in [3.8, 4) is 0 Å². The quantitative estimate of drug-likeness (QED) is 0.779. The maximum Gasteiger partial charge on any atom is 0.227 e. The zero-order valence-electron chi connectivity index (χ0n) is 17.6. The lowest BCUT2D eigenvalue weighted by Crippen LogP contribution is -2.46. The standard InChI is InChI=1S/C23H29N5O2/c1-17-4-3-9-28(15-17)22-25-14-19-16-30-23(21(19)26-22)6-10-27(11-7-23)20(29)12-18-5-2-8-24-13-18/h2,5,8,13-14,17H,3-4,6-7,9-12,15-16H2,1H3/t17-/m0/s1. The largest absolute Gasteiger partial charge is 0.364 e. The molecule has 0 N–H and O–H groups in total. The number of amides is 1. The topological polar surface area (TPSA) is 71.5 Å². The summed E-state index contributed by atoms with van der Waals surface area (Å²) in [6.45, 7) is 6.28. The third-order valence-corrected chi connectivity index (χ3v) is 6.73. The van der Waals surface area contributed by atoms with Crippen molar-refractivity contribution in [1.29, 1.82) is 0 Å². The minimum atomic E-state index is -0.375. The summed E-state index contributed by atoms with van der Waals surface area (Å²) >= 11 is 0. The zero-order valence-corrected chi connectivity index (χ0v) is 17.6. The molecule has 0 radical (unpaired) electrons. The van der Waals surface area contributed by atoms with Gasteiger partial charge in [0.15, 0.2) is 0 Å². The molecule has 3 aliphatic heterocycles. The van der Waals surface area contributed by atoms with Gasteiger partial charge in [0, 0.05) is 50.3 Å². The number of hydrogen-bond donors (Lipinski definition) is 0. The van der Waals surface area contributed by atoms with Gasteiger partial charge in [0.2, 0.25) is 11.9 Å². The van der Waals surface area contributed by atoms with Crippen molar-refractivity contribution in [2.24, 2.45) is 5.92 Å². The molecule has 5 rings (SSSR count). The van der Waals surface area contributed by atoms with Crippen LogP contribution in [-0.4, -0.2) is 51.9 Å². The van der Waals surface area contributed by atoms with Crippen molar-refractivity contribution in [3.63, 3.8) is 0 Å². The van der Waals surface area contributed by atoms with Gasteiger partial charge in [-0.25, -0.2) is 9.97 Å². The fraction of sp³-hybridized carbons (Fsp3) is 0.565. The molecule has 3 aliphatic rings. The average molecular weight is 408 g/mol. The van der Waals surface area contributed by atoms with Crippen molar-refractivity contribution < 1.29 is 9.53 Å². The zero-order chi connectivity index (χ0) is 20.6. The van der Waals surface area contributed by atoms with Crippen molar-refractivity contribution in [3.05, 3.63) is 47.5 Å². The molecule has 30 heavy (non-hydrogen) atoms. The summed E-state index contributed by atoms with van der Waals surface area (Å²) in [5.41, 5.74) is 2.72. The van der Waals surface area contributed by atoms with Crippen LogP contribution >= 0.6 is 0 Å². The Bertz CT molecular complexity index is 911. The third kappa shape index (κ3) is 3.67. The van der Waals surface area contributed by atoms with Crippen LogP contribution in [0.25, 0.3) is 0 Å². The fourth-order valence-electron chi connectivity index (χ4n) is 4.99. The summed E-state index contributed by atoms with van der Waals surface area (Å²) in [7, 11) is 0. The second-order valence-corrected chi connectivity index (χ2v) is 8.94. The lowest BCUT2D eigenvalue weighted by Gasteiger charge is -2.39. The third-order valence-electron chi connectivity index (χ3n) is 6.73. The number of likely N-dealkylation sites (tertiary alicyclic amines) is 1. The van der Waals surface area contributed by atoms with Crippen LogP contribution in [0.4, 0.5) is 5.95 Å². The number of nitrogens with zero attached hydrogens (tertiary/aromatic N) is 5. The highest BCUT2D eigenvalue weighted by molar-refractivity contribution is 5.78. The summed E-state index contributed by atoms with van der Waals surface area (Å²) in [6.07, 6.45) is 9.88. The summed E-state index contributed by atoms with van der Waals surface area (Å²) in [6, 6.07) is 3.82. The lowest BCUT2D eigenvalue weighted by molar-refractivity contribution is -0.137. The first-order chi connectivity index (χ1) is 14.6. The molecule has 1 amide bonds. The average Bonchev–Trinajstić information content (AvgIpc) is 3.12. The first kappa shape index (κ1) is 19.4. The summed E-state index contributed by atoms with van der Waals surface area (Å²) in [5, 5.41) is 0. The van der Waals surface area contributed by atoms with Crippen LogP contribution in [0.3, 0.4) is 0 Å². The predicted molar refractivity (Wildman–Crippen MR) is 113 cm³/mol. The fourth-order valence-corrected chi connectivity index (χ4v) is 4.99. The van der Waals surface area contributed by atoms with E-state index in [4.69, 9.17) is 9.72 Å². The number of anilines is 1. The Balaban J connectivity index is 1.29. The highest BCUT2D eigenvalue weighted by Gasteiger charge is 2.45. The molecule has 0 bridgehead atoms. The van der Waals surface area contributed by atoms with Gasteiger partial charge in [-0.1, -0.05) is 13.0 Å². The van der Waals surface area contributed by atoms with Gasteiger partial charge in [-0.2, -0.15) is 0 Å². The van der Waals surface area contributed by atoms with E-state index < -0.39 is 0 Å². The Kier molecular flexibility index (Phi) is 5.15. The van der Waals surface area contributed by atoms with Gasteiger partial charge >= 0.3 is 0 Å². The molecule has 1 atom stereocenters. The predicted octanol–water partition coefficient (Wildman–Crippen LogP) is 2.70. The van der Waals surface area contributed by atoms with E-state index >= 15 is 0 Å². The van der Waals surface area contributed by atoms with E-state index in [0.29, 0.717) is 32.0 Å². The second-order valence-electron chi connectivity index (χ2n) is 8.94. The number of hydrogen-bond acceptors (Lipinski definition) is 6. The molecule has 2 aromatic rings.